The van der Waals surface area contributed by atoms with Crippen molar-refractivity contribution < 1.29 is 9.90 Å². The first-order chi connectivity index (χ1) is 9.95. The largest absolute Gasteiger partial charge is 0.478 e. The molecule has 21 heavy (non-hydrogen) atoms. The number of aryl methyl sites for hydroxylation is 2. The van der Waals surface area contributed by atoms with Crippen molar-refractivity contribution in [3.8, 4) is 0 Å². The van der Waals surface area contributed by atoms with Crippen molar-refractivity contribution in [1.82, 2.24) is 9.97 Å². The predicted molar refractivity (Wildman–Crippen MR) is 82.7 cm³/mol. The topological polar surface area (TPSA) is 66.3 Å². The average molecular weight is 283 g/mol. The number of benzene rings is 1. The molecular weight excluding hydrogens is 266 g/mol. The molecule has 1 N–H and O–H groups in total. The first-order valence-electron chi connectivity index (χ1n) is 6.51. The Morgan fingerprint density at radius 1 is 1.14 bits per heavy atom. The van der Waals surface area contributed by atoms with Crippen LogP contribution in [0, 0.1) is 13.8 Å². The summed E-state index contributed by atoms with van der Waals surface area (Å²) in [7, 11) is 1.90. The van der Waals surface area contributed by atoms with Gasteiger partial charge in [0, 0.05) is 36.8 Å². The van der Waals surface area contributed by atoms with Crippen LogP contribution in [0.4, 0.5) is 11.6 Å². The number of aliphatic carboxylic acids is 1. The normalized spacial score (nSPS) is 10.8. The molecule has 0 saturated carbocycles. The molecule has 1 aromatic carbocycles. The molecule has 2 aromatic rings. The Balaban J connectivity index is 2.23. The van der Waals surface area contributed by atoms with E-state index in [1.807, 2.05) is 25.8 Å². The minimum atomic E-state index is -0.994. The molecule has 0 aliphatic carbocycles. The maximum atomic E-state index is 10.5. The third-order valence-corrected chi connectivity index (χ3v) is 2.97. The van der Waals surface area contributed by atoms with Crippen LogP contribution >= 0.6 is 0 Å². The van der Waals surface area contributed by atoms with Crippen LogP contribution < -0.4 is 4.90 Å². The second-order valence-electron chi connectivity index (χ2n) is 4.89. The minimum Gasteiger partial charge on any atom is -0.478 e. The number of hydrogen-bond acceptors (Lipinski definition) is 4. The van der Waals surface area contributed by atoms with Crippen molar-refractivity contribution in [2.24, 2.45) is 0 Å². The average Bonchev–Trinajstić information content (AvgIpc) is 2.44. The molecule has 0 spiro atoms. The highest BCUT2D eigenvalue weighted by molar-refractivity contribution is 5.85. The smallest absolute Gasteiger partial charge is 0.328 e. The van der Waals surface area contributed by atoms with Crippen molar-refractivity contribution in [3.63, 3.8) is 0 Å². The zero-order chi connectivity index (χ0) is 15.4. The number of nitrogens with zero attached hydrogens (tertiary/aromatic N) is 3. The SMILES string of the molecule is Cc1cc(C)cc(N(C)c2ncc(/C=C/C(=O)O)cn2)c1. The zero-order valence-corrected chi connectivity index (χ0v) is 12.2. The van der Waals surface area contributed by atoms with Gasteiger partial charge in [-0.3, -0.25) is 0 Å². The Hall–Kier alpha value is -2.69. The van der Waals surface area contributed by atoms with Crippen LogP contribution in [-0.2, 0) is 4.79 Å². The van der Waals surface area contributed by atoms with E-state index in [1.54, 1.807) is 12.4 Å². The summed E-state index contributed by atoms with van der Waals surface area (Å²) in [6, 6.07) is 6.24. The molecule has 0 amide bonds. The van der Waals surface area contributed by atoms with E-state index in [0.29, 0.717) is 11.5 Å². The molecule has 0 aliphatic heterocycles. The minimum absolute atomic E-state index is 0.562. The summed E-state index contributed by atoms with van der Waals surface area (Å²) in [5.41, 5.74) is 4.02. The summed E-state index contributed by atoms with van der Waals surface area (Å²) in [6.07, 6.45) is 5.72. The fourth-order valence-electron chi connectivity index (χ4n) is 2.02. The van der Waals surface area contributed by atoms with E-state index in [0.717, 1.165) is 11.8 Å². The fraction of sp³-hybridized carbons (Fsp3) is 0.188. The van der Waals surface area contributed by atoms with Gasteiger partial charge in [-0.2, -0.15) is 0 Å². The van der Waals surface area contributed by atoms with Gasteiger partial charge in [-0.1, -0.05) is 6.07 Å². The monoisotopic (exact) mass is 283 g/mol. The van der Waals surface area contributed by atoms with Gasteiger partial charge in [0.1, 0.15) is 0 Å². The van der Waals surface area contributed by atoms with Gasteiger partial charge in [-0.15, -0.1) is 0 Å². The lowest BCUT2D eigenvalue weighted by Crippen LogP contribution is -2.13. The van der Waals surface area contributed by atoms with Gasteiger partial charge >= 0.3 is 5.97 Å². The molecule has 0 unspecified atom stereocenters. The molecule has 0 bridgehead atoms. The van der Waals surface area contributed by atoms with E-state index in [2.05, 4.69) is 28.2 Å². The molecule has 0 fully saturated rings. The molecule has 0 saturated heterocycles. The quantitative estimate of drug-likeness (QED) is 0.874. The zero-order valence-electron chi connectivity index (χ0n) is 12.2. The Bertz CT molecular complexity index is 658. The predicted octanol–water partition coefficient (Wildman–Crippen LogP) is 2.96. The van der Waals surface area contributed by atoms with E-state index < -0.39 is 5.97 Å². The Labute approximate surface area is 123 Å². The highest BCUT2D eigenvalue weighted by Crippen LogP contribution is 2.22. The maximum Gasteiger partial charge on any atom is 0.328 e. The molecule has 108 valence electrons. The maximum absolute atomic E-state index is 10.5. The molecule has 2 rings (SSSR count). The van der Waals surface area contributed by atoms with Gasteiger partial charge in [-0.05, 0) is 43.2 Å². The van der Waals surface area contributed by atoms with Crippen molar-refractivity contribution in [1.29, 1.82) is 0 Å². The Morgan fingerprint density at radius 3 is 2.24 bits per heavy atom. The van der Waals surface area contributed by atoms with E-state index >= 15 is 0 Å². The van der Waals surface area contributed by atoms with E-state index in [4.69, 9.17) is 5.11 Å². The number of carboxylic acid groups (broad SMARTS) is 1. The van der Waals surface area contributed by atoms with E-state index in [1.165, 1.54) is 17.2 Å². The van der Waals surface area contributed by atoms with E-state index in [9.17, 15) is 4.79 Å². The summed E-state index contributed by atoms with van der Waals surface area (Å²) < 4.78 is 0. The lowest BCUT2D eigenvalue weighted by Gasteiger charge is -2.18. The van der Waals surface area contributed by atoms with Crippen LogP contribution in [0.15, 0.2) is 36.7 Å². The third kappa shape index (κ3) is 3.89. The second-order valence-corrected chi connectivity index (χ2v) is 4.89. The van der Waals surface area contributed by atoms with Crippen LogP contribution in [0.1, 0.15) is 16.7 Å². The number of aromatic nitrogens is 2. The summed E-state index contributed by atoms with van der Waals surface area (Å²) in [6.45, 7) is 4.09. The number of carboxylic acids is 1. The summed E-state index contributed by atoms with van der Waals surface area (Å²) in [5.74, 6) is -0.432. The molecular formula is C16H17N3O2. The van der Waals surface area contributed by atoms with Crippen LogP contribution in [0.3, 0.4) is 0 Å². The molecule has 0 radical (unpaired) electrons. The Morgan fingerprint density at radius 2 is 1.71 bits per heavy atom. The molecule has 1 heterocycles. The molecule has 0 aliphatic rings. The lowest BCUT2D eigenvalue weighted by atomic mass is 10.1. The molecule has 5 heteroatoms. The van der Waals surface area contributed by atoms with Gasteiger partial charge in [0.2, 0.25) is 5.95 Å². The molecule has 0 atom stereocenters. The number of hydrogen-bond donors (Lipinski definition) is 1. The van der Waals surface area contributed by atoms with Crippen molar-refractivity contribution in [2.75, 3.05) is 11.9 Å². The second kappa shape index (κ2) is 6.17. The van der Waals surface area contributed by atoms with Crippen LogP contribution in [0.2, 0.25) is 0 Å². The van der Waals surface area contributed by atoms with Crippen molar-refractivity contribution in [3.05, 3.63) is 53.4 Å². The first kappa shape index (κ1) is 14.7. The Kier molecular flexibility index (Phi) is 4.33. The van der Waals surface area contributed by atoms with Gasteiger partial charge < -0.3 is 10.0 Å². The number of carbonyl (C=O) groups is 1. The first-order valence-corrected chi connectivity index (χ1v) is 6.51. The summed E-state index contributed by atoms with van der Waals surface area (Å²) >= 11 is 0. The number of rotatable bonds is 4. The third-order valence-electron chi connectivity index (χ3n) is 2.97. The van der Waals surface area contributed by atoms with Crippen molar-refractivity contribution in [2.45, 2.75) is 13.8 Å². The summed E-state index contributed by atoms with van der Waals surface area (Å²) in [4.78, 5) is 20.9. The molecule has 5 nitrogen and oxygen atoms in total. The standard InChI is InChI=1S/C16H17N3O2/c1-11-6-12(2)8-14(7-11)19(3)16-17-9-13(10-18-16)4-5-15(20)21/h4-10H,1-3H3,(H,20,21)/b5-4+. The number of anilines is 2. The lowest BCUT2D eigenvalue weighted by molar-refractivity contribution is -0.131. The van der Waals surface area contributed by atoms with E-state index in [-0.39, 0.29) is 0 Å². The van der Waals surface area contributed by atoms with Gasteiger partial charge in [-0.25, -0.2) is 14.8 Å². The van der Waals surface area contributed by atoms with Crippen LogP contribution in [0.5, 0.6) is 0 Å². The van der Waals surface area contributed by atoms with Crippen LogP contribution in [-0.4, -0.2) is 28.1 Å². The van der Waals surface area contributed by atoms with Crippen molar-refractivity contribution >= 4 is 23.7 Å². The highest BCUT2D eigenvalue weighted by atomic mass is 16.4. The fourth-order valence-corrected chi connectivity index (χ4v) is 2.02. The van der Waals surface area contributed by atoms with Gasteiger partial charge in [0.25, 0.3) is 0 Å². The summed E-state index contributed by atoms with van der Waals surface area (Å²) in [5, 5.41) is 8.58. The van der Waals surface area contributed by atoms with Gasteiger partial charge in [0.05, 0.1) is 0 Å². The highest BCUT2D eigenvalue weighted by Gasteiger charge is 2.07. The van der Waals surface area contributed by atoms with Crippen LogP contribution in [0.25, 0.3) is 6.08 Å². The molecule has 1 aromatic heterocycles. The van der Waals surface area contributed by atoms with Gasteiger partial charge in [0.15, 0.2) is 0 Å².